The summed E-state index contributed by atoms with van der Waals surface area (Å²) in [7, 11) is 1.55. The molecule has 162 valence electrons. The van der Waals surface area contributed by atoms with Crippen LogP contribution in [0.25, 0.3) is 6.08 Å². The monoisotopic (exact) mass is 548 g/mol. The molecule has 0 atom stereocenters. The van der Waals surface area contributed by atoms with Crippen molar-refractivity contribution in [3.8, 4) is 5.75 Å². The molecule has 0 bridgehead atoms. The van der Waals surface area contributed by atoms with E-state index in [0.29, 0.717) is 31.8 Å². The molecule has 32 heavy (non-hydrogen) atoms. The molecule has 0 spiro atoms. The number of thiocarbonyl (C=S) groups is 1. The zero-order valence-corrected chi connectivity index (χ0v) is 20.4. The van der Waals surface area contributed by atoms with Gasteiger partial charge in [-0.2, -0.15) is 0 Å². The maximum Gasteiger partial charge on any atom is 0.270 e. The van der Waals surface area contributed by atoms with E-state index in [9.17, 15) is 9.59 Å². The lowest BCUT2D eigenvalue weighted by molar-refractivity contribution is -0.122. The number of rotatable bonds is 5. The van der Waals surface area contributed by atoms with Crippen LogP contribution in [0.2, 0.25) is 5.02 Å². The highest BCUT2D eigenvalue weighted by atomic mass is 79.9. The van der Waals surface area contributed by atoms with E-state index < -0.39 is 11.8 Å². The molecule has 1 aromatic heterocycles. The smallest absolute Gasteiger partial charge is 0.270 e. The summed E-state index contributed by atoms with van der Waals surface area (Å²) < 4.78 is 11.7. The van der Waals surface area contributed by atoms with Crippen molar-refractivity contribution in [1.29, 1.82) is 0 Å². The Morgan fingerprint density at radius 3 is 2.50 bits per heavy atom. The molecule has 1 N–H and O–H groups in total. The molecule has 0 aliphatic carbocycles. The summed E-state index contributed by atoms with van der Waals surface area (Å²) in [5.41, 5.74) is 0.407. The Labute approximate surface area is 206 Å². The van der Waals surface area contributed by atoms with Gasteiger partial charge in [-0.3, -0.25) is 19.8 Å². The summed E-state index contributed by atoms with van der Waals surface area (Å²) in [6, 6.07) is 15.8. The fourth-order valence-corrected chi connectivity index (χ4v) is 4.62. The number of methoxy groups -OCH3 is 1. The fourth-order valence-electron chi connectivity index (χ4n) is 2.88. The minimum absolute atomic E-state index is 0.00178. The first-order chi connectivity index (χ1) is 15.4. The molecule has 1 fully saturated rings. The standard InChI is InChI=1S/C22H14BrClN2O4S2/c1-29-14-6-4-13(5-7-14)26-20(28)17(19(27)25-22(26)31)10-15-11-18(23)21(30-15)32-16-8-2-12(24)3-9-16/h2-11H,1H3,(H,25,27,31)/b17-10+. The van der Waals surface area contributed by atoms with Gasteiger partial charge in [0.2, 0.25) is 0 Å². The lowest BCUT2D eigenvalue weighted by atomic mass is 10.1. The summed E-state index contributed by atoms with van der Waals surface area (Å²) in [5, 5.41) is 3.77. The minimum Gasteiger partial charge on any atom is -0.497 e. The molecule has 0 radical (unpaired) electrons. The van der Waals surface area contributed by atoms with Crippen LogP contribution >= 0.6 is 51.5 Å². The summed E-state index contributed by atoms with van der Waals surface area (Å²) in [5.74, 6) is -0.169. The number of nitrogens with zero attached hydrogens (tertiary/aromatic N) is 1. The van der Waals surface area contributed by atoms with Crippen molar-refractivity contribution in [3.05, 3.63) is 75.4 Å². The van der Waals surface area contributed by atoms with Crippen LogP contribution in [-0.4, -0.2) is 24.0 Å². The van der Waals surface area contributed by atoms with Gasteiger partial charge in [-0.1, -0.05) is 23.4 Å². The number of benzene rings is 2. The molecule has 4 rings (SSSR count). The second kappa shape index (κ2) is 9.50. The molecular formula is C22H14BrClN2O4S2. The SMILES string of the molecule is COc1ccc(N2C(=O)/C(=C/c3cc(Br)c(Sc4ccc(Cl)cc4)o3)C(=O)NC2=S)cc1. The maximum atomic E-state index is 13.1. The Balaban J connectivity index is 1.62. The van der Waals surface area contributed by atoms with E-state index in [0.717, 1.165) is 4.90 Å². The largest absolute Gasteiger partial charge is 0.497 e. The zero-order chi connectivity index (χ0) is 22.8. The highest BCUT2D eigenvalue weighted by molar-refractivity contribution is 9.10. The third-order valence-corrected chi connectivity index (χ3v) is 6.80. The average Bonchev–Trinajstić information content (AvgIpc) is 3.12. The number of furan rings is 1. The van der Waals surface area contributed by atoms with E-state index in [2.05, 4.69) is 21.2 Å². The normalized spacial score (nSPS) is 15.3. The number of nitrogens with one attached hydrogen (secondary N) is 1. The molecule has 3 aromatic rings. The van der Waals surface area contributed by atoms with Crippen molar-refractivity contribution in [2.24, 2.45) is 0 Å². The zero-order valence-electron chi connectivity index (χ0n) is 16.4. The number of halogens is 2. The highest BCUT2D eigenvalue weighted by Gasteiger charge is 2.34. The predicted octanol–water partition coefficient (Wildman–Crippen LogP) is 5.69. The topological polar surface area (TPSA) is 71.8 Å². The Morgan fingerprint density at radius 2 is 1.84 bits per heavy atom. The Morgan fingerprint density at radius 1 is 1.16 bits per heavy atom. The van der Waals surface area contributed by atoms with Crippen LogP contribution in [0.1, 0.15) is 5.76 Å². The summed E-state index contributed by atoms with van der Waals surface area (Å²) in [4.78, 5) is 27.8. The van der Waals surface area contributed by atoms with Gasteiger partial charge in [0.05, 0.1) is 17.3 Å². The molecule has 0 saturated carbocycles. The van der Waals surface area contributed by atoms with Crippen molar-refractivity contribution in [2.75, 3.05) is 12.0 Å². The van der Waals surface area contributed by atoms with Gasteiger partial charge >= 0.3 is 0 Å². The molecule has 2 aromatic carbocycles. The maximum absolute atomic E-state index is 13.1. The minimum atomic E-state index is -0.593. The van der Waals surface area contributed by atoms with Gasteiger partial charge in [0.1, 0.15) is 17.1 Å². The van der Waals surface area contributed by atoms with Gasteiger partial charge in [0.25, 0.3) is 11.8 Å². The van der Waals surface area contributed by atoms with Crippen LogP contribution in [-0.2, 0) is 9.59 Å². The highest BCUT2D eigenvalue weighted by Crippen LogP contribution is 2.37. The first-order valence-electron chi connectivity index (χ1n) is 9.14. The summed E-state index contributed by atoms with van der Waals surface area (Å²) >= 11 is 16.0. The van der Waals surface area contributed by atoms with Gasteiger partial charge in [-0.15, -0.1) is 0 Å². The quantitative estimate of drug-likeness (QED) is 0.251. The molecule has 2 heterocycles. The molecular weight excluding hydrogens is 536 g/mol. The number of ether oxygens (including phenoxy) is 1. The second-order valence-corrected chi connectivity index (χ2v) is 9.22. The molecule has 2 amide bonds. The van der Waals surface area contributed by atoms with E-state index in [4.69, 9.17) is 33.0 Å². The van der Waals surface area contributed by atoms with Crippen molar-refractivity contribution >= 4 is 80.2 Å². The third kappa shape index (κ3) is 4.75. The molecule has 1 aliphatic heterocycles. The van der Waals surface area contributed by atoms with Gasteiger partial charge in [-0.25, -0.2) is 0 Å². The van der Waals surface area contributed by atoms with Crippen molar-refractivity contribution in [1.82, 2.24) is 5.32 Å². The van der Waals surface area contributed by atoms with Gasteiger partial charge < -0.3 is 9.15 Å². The second-order valence-electron chi connectivity index (χ2n) is 6.50. The van der Waals surface area contributed by atoms with Gasteiger partial charge in [-0.05, 0) is 88.8 Å². The third-order valence-electron chi connectivity index (χ3n) is 4.42. The number of carbonyl (C=O) groups is 2. The molecule has 6 nitrogen and oxygen atoms in total. The predicted molar refractivity (Wildman–Crippen MR) is 131 cm³/mol. The fraction of sp³-hybridized carbons (Fsp3) is 0.0455. The molecule has 10 heteroatoms. The first kappa shape index (κ1) is 22.6. The number of amides is 2. The first-order valence-corrected chi connectivity index (χ1v) is 11.5. The number of anilines is 1. The van der Waals surface area contributed by atoms with Crippen LogP contribution in [0, 0.1) is 0 Å². The van der Waals surface area contributed by atoms with Crippen LogP contribution in [0.3, 0.4) is 0 Å². The number of hydrogen-bond acceptors (Lipinski definition) is 6. The Kier molecular flexibility index (Phi) is 6.71. The Bertz CT molecular complexity index is 1240. The lowest BCUT2D eigenvalue weighted by Gasteiger charge is -2.28. The van der Waals surface area contributed by atoms with Gasteiger partial charge in [0.15, 0.2) is 10.2 Å². The van der Waals surface area contributed by atoms with E-state index in [1.807, 2.05) is 12.1 Å². The lowest BCUT2D eigenvalue weighted by Crippen LogP contribution is -2.54. The summed E-state index contributed by atoms with van der Waals surface area (Å²) in [6.07, 6.45) is 1.40. The van der Waals surface area contributed by atoms with E-state index in [-0.39, 0.29) is 10.7 Å². The van der Waals surface area contributed by atoms with Crippen molar-refractivity contribution in [2.45, 2.75) is 9.99 Å². The average molecular weight is 550 g/mol. The van der Waals surface area contributed by atoms with Crippen LogP contribution < -0.4 is 15.0 Å². The van der Waals surface area contributed by atoms with E-state index in [1.165, 1.54) is 22.7 Å². The van der Waals surface area contributed by atoms with Crippen molar-refractivity contribution in [3.63, 3.8) is 0 Å². The van der Waals surface area contributed by atoms with Crippen molar-refractivity contribution < 1.29 is 18.7 Å². The number of hydrogen-bond donors (Lipinski definition) is 1. The van der Waals surface area contributed by atoms with Gasteiger partial charge in [0, 0.05) is 9.92 Å². The van der Waals surface area contributed by atoms with Crippen LogP contribution in [0.5, 0.6) is 5.75 Å². The van der Waals surface area contributed by atoms with E-state index >= 15 is 0 Å². The number of carbonyl (C=O) groups excluding carboxylic acids is 2. The Hall–Kier alpha value is -2.59. The van der Waals surface area contributed by atoms with Crippen LogP contribution in [0.4, 0.5) is 5.69 Å². The summed E-state index contributed by atoms with van der Waals surface area (Å²) in [6.45, 7) is 0. The van der Waals surface area contributed by atoms with E-state index in [1.54, 1.807) is 49.6 Å². The van der Waals surface area contributed by atoms with Crippen LogP contribution in [0.15, 0.2) is 79.0 Å². The molecule has 1 saturated heterocycles. The molecule has 0 unspecified atom stereocenters. The molecule has 1 aliphatic rings.